The van der Waals surface area contributed by atoms with E-state index in [2.05, 4.69) is 17.4 Å². The lowest BCUT2D eigenvalue weighted by Crippen LogP contribution is -2.41. The fraction of sp³-hybridized carbons (Fsp3) is 0.333. The van der Waals surface area contributed by atoms with Crippen LogP contribution < -0.4 is 11.1 Å². The molecule has 28 heavy (non-hydrogen) atoms. The van der Waals surface area contributed by atoms with Crippen LogP contribution in [0.3, 0.4) is 0 Å². The molecule has 0 radical (unpaired) electrons. The van der Waals surface area contributed by atoms with Crippen LogP contribution in [0.15, 0.2) is 45.3 Å². The zero-order valence-electron chi connectivity index (χ0n) is 15.6. The van der Waals surface area contributed by atoms with Crippen LogP contribution in [0.4, 0.5) is 5.88 Å². The number of hydrogen-bond acceptors (Lipinski definition) is 5. The second kappa shape index (κ2) is 7.72. The fourth-order valence-corrected chi connectivity index (χ4v) is 3.91. The molecule has 0 bridgehead atoms. The van der Waals surface area contributed by atoms with Crippen molar-refractivity contribution in [3.63, 3.8) is 0 Å². The molecule has 0 aliphatic heterocycles. The molecule has 1 fully saturated rings. The Bertz CT molecular complexity index is 994. The van der Waals surface area contributed by atoms with Crippen molar-refractivity contribution in [3.05, 3.63) is 47.0 Å². The third-order valence-electron chi connectivity index (χ3n) is 5.32. The standard InChI is InChI=1S/C21H22ClN3O3/c1-12-5-2-3-8-15(12)24-21(26)18-19(25-28-20(18)23)17-10-9-16(27-17)13-6-4-7-14(22)11-13/h4,6-7,9-12,15H,2-3,5,8,23H2,1H3,(H,24,26). The van der Waals surface area contributed by atoms with Crippen LogP contribution in [-0.2, 0) is 0 Å². The molecule has 1 amide bonds. The van der Waals surface area contributed by atoms with E-state index in [1.165, 1.54) is 6.42 Å². The van der Waals surface area contributed by atoms with Gasteiger partial charge in [-0.3, -0.25) is 4.79 Å². The Morgan fingerprint density at radius 1 is 1.21 bits per heavy atom. The first kappa shape index (κ1) is 18.6. The van der Waals surface area contributed by atoms with Crippen LogP contribution in [0.5, 0.6) is 0 Å². The number of carbonyl (C=O) groups is 1. The number of nitrogens with zero attached hydrogens (tertiary/aromatic N) is 1. The Morgan fingerprint density at radius 2 is 2.00 bits per heavy atom. The van der Waals surface area contributed by atoms with Gasteiger partial charge in [0.05, 0.1) is 0 Å². The van der Waals surface area contributed by atoms with Crippen molar-refractivity contribution < 1.29 is 13.7 Å². The van der Waals surface area contributed by atoms with E-state index in [1.807, 2.05) is 12.1 Å². The maximum absolute atomic E-state index is 12.9. The number of nitrogens with two attached hydrogens (primary N) is 1. The number of aromatic nitrogens is 1. The van der Waals surface area contributed by atoms with Crippen molar-refractivity contribution in [3.8, 4) is 22.8 Å². The monoisotopic (exact) mass is 399 g/mol. The number of nitrogen functional groups attached to an aromatic ring is 1. The minimum absolute atomic E-state index is 0.0170. The zero-order chi connectivity index (χ0) is 19.7. The minimum atomic E-state index is -0.284. The molecule has 2 aromatic heterocycles. The van der Waals surface area contributed by atoms with E-state index in [0.717, 1.165) is 24.8 Å². The first-order chi connectivity index (χ1) is 13.5. The highest BCUT2D eigenvalue weighted by atomic mass is 35.5. The average Bonchev–Trinajstić information content (AvgIpc) is 3.30. The van der Waals surface area contributed by atoms with E-state index in [1.54, 1.807) is 24.3 Å². The summed E-state index contributed by atoms with van der Waals surface area (Å²) in [4.78, 5) is 12.9. The van der Waals surface area contributed by atoms with Crippen molar-refractivity contribution in [2.75, 3.05) is 5.73 Å². The van der Waals surface area contributed by atoms with Crippen LogP contribution in [-0.4, -0.2) is 17.1 Å². The van der Waals surface area contributed by atoms with E-state index in [9.17, 15) is 4.79 Å². The van der Waals surface area contributed by atoms with Gasteiger partial charge in [0.1, 0.15) is 11.3 Å². The summed E-state index contributed by atoms with van der Waals surface area (Å²) in [6.45, 7) is 2.16. The predicted molar refractivity (Wildman–Crippen MR) is 108 cm³/mol. The van der Waals surface area contributed by atoms with Crippen LogP contribution in [0, 0.1) is 5.92 Å². The van der Waals surface area contributed by atoms with Crippen molar-refractivity contribution in [1.82, 2.24) is 10.5 Å². The minimum Gasteiger partial charge on any atom is -0.454 e. The number of furan rings is 1. The summed E-state index contributed by atoms with van der Waals surface area (Å²) < 4.78 is 11.0. The van der Waals surface area contributed by atoms with Gasteiger partial charge in [-0.1, -0.05) is 48.7 Å². The van der Waals surface area contributed by atoms with Gasteiger partial charge < -0.3 is 20.0 Å². The third-order valence-corrected chi connectivity index (χ3v) is 5.56. The van der Waals surface area contributed by atoms with Gasteiger partial charge in [-0.15, -0.1) is 0 Å². The molecule has 1 aliphatic rings. The Balaban J connectivity index is 1.61. The quantitative estimate of drug-likeness (QED) is 0.632. The van der Waals surface area contributed by atoms with Gasteiger partial charge in [0.15, 0.2) is 11.5 Å². The molecule has 1 saturated carbocycles. The predicted octanol–water partition coefficient (Wildman–Crippen LogP) is 5.15. The molecule has 4 rings (SSSR count). The highest BCUT2D eigenvalue weighted by Crippen LogP contribution is 2.33. The van der Waals surface area contributed by atoms with Crippen LogP contribution >= 0.6 is 11.6 Å². The number of benzene rings is 1. The van der Waals surface area contributed by atoms with Gasteiger partial charge in [-0.2, -0.15) is 0 Å². The van der Waals surface area contributed by atoms with Crippen molar-refractivity contribution in [2.45, 2.75) is 38.6 Å². The lowest BCUT2D eigenvalue weighted by atomic mass is 9.86. The van der Waals surface area contributed by atoms with E-state index in [-0.39, 0.29) is 23.4 Å². The summed E-state index contributed by atoms with van der Waals surface area (Å²) in [6, 6.07) is 11.0. The van der Waals surface area contributed by atoms with E-state index in [4.69, 9.17) is 26.3 Å². The summed E-state index contributed by atoms with van der Waals surface area (Å²) in [5.74, 6) is 1.16. The summed E-state index contributed by atoms with van der Waals surface area (Å²) in [6.07, 6.45) is 4.39. The highest BCUT2D eigenvalue weighted by Gasteiger charge is 2.29. The van der Waals surface area contributed by atoms with Gasteiger partial charge in [0.25, 0.3) is 5.91 Å². The smallest absolute Gasteiger partial charge is 0.259 e. The zero-order valence-corrected chi connectivity index (χ0v) is 16.3. The lowest BCUT2D eigenvalue weighted by Gasteiger charge is -2.29. The molecule has 3 N–H and O–H groups in total. The molecular formula is C21H22ClN3O3. The number of anilines is 1. The Morgan fingerprint density at radius 3 is 2.79 bits per heavy atom. The van der Waals surface area contributed by atoms with Gasteiger partial charge in [-0.05, 0) is 43.0 Å². The van der Waals surface area contributed by atoms with E-state index >= 15 is 0 Å². The van der Waals surface area contributed by atoms with Gasteiger partial charge >= 0.3 is 0 Å². The second-order valence-electron chi connectivity index (χ2n) is 7.29. The van der Waals surface area contributed by atoms with Crippen molar-refractivity contribution in [2.24, 2.45) is 5.92 Å². The molecule has 0 saturated heterocycles. The number of hydrogen-bond donors (Lipinski definition) is 2. The number of nitrogens with one attached hydrogen (secondary N) is 1. The summed E-state index contributed by atoms with van der Waals surface area (Å²) in [7, 11) is 0. The maximum atomic E-state index is 12.9. The first-order valence-electron chi connectivity index (χ1n) is 9.45. The Hall–Kier alpha value is -2.73. The molecule has 3 aromatic rings. The van der Waals surface area contributed by atoms with Gasteiger partial charge in [0.2, 0.25) is 5.88 Å². The number of carbonyl (C=O) groups excluding carboxylic acids is 1. The van der Waals surface area contributed by atoms with Crippen molar-refractivity contribution >= 4 is 23.4 Å². The number of rotatable bonds is 4. The molecule has 1 aliphatic carbocycles. The topological polar surface area (TPSA) is 94.3 Å². The summed E-state index contributed by atoms with van der Waals surface area (Å²) in [5.41, 5.74) is 7.25. The largest absolute Gasteiger partial charge is 0.454 e. The Labute approximate surface area is 168 Å². The van der Waals surface area contributed by atoms with Crippen LogP contribution in [0.1, 0.15) is 43.0 Å². The lowest BCUT2D eigenvalue weighted by molar-refractivity contribution is 0.0911. The first-order valence-corrected chi connectivity index (χ1v) is 9.83. The van der Waals surface area contributed by atoms with E-state index < -0.39 is 0 Å². The van der Waals surface area contributed by atoms with Gasteiger partial charge in [0, 0.05) is 16.6 Å². The molecule has 6 nitrogen and oxygen atoms in total. The molecule has 7 heteroatoms. The van der Waals surface area contributed by atoms with Crippen LogP contribution in [0.25, 0.3) is 22.8 Å². The number of halogens is 1. The molecule has 1 aromatic carbocycles. The highest BCUT2D eigenvalue weighted by molar-refractivity contribution is 6.30. The van der Waals surface area contributed by atoms with Gasteiger partial charge in [-0.25, -0.2) is 0 Å². The summed E-state index contributed by atoms with van der Waals surface area (Å²) >= 11 is 6.05. The van der Waals surface area contributed by atoms with Crippen LogP contribution in [0.2, 0.25) is 5.02 Å². The second-order valence-corrected chi connectivity index (χ2v) is 7.72. The fourth-order valence-electron chi connectivity index (χ4n) is 3.72. The normalized spacial score (nSPS) is 19.5. The average molecular weight is 400 g/mol. The molecule has 2 unspecified atom stereocenters. The number of amides is 1. The maximum Gasteiger partial charge on any atom is 0.259 e. The molecule has 0 spiro atoms. The molecule has 2 heterocycles. The van der Waals surface area contributed by atoms with Crippen molar-refractivity contribution in [1.29, 1.82) is 0 Å². The molecule has 2 atom stereocenters. The molecular weight excluding hydrogens is 378 g/mol. The SMILES string of the molecule is CC1CCCCC1NC(=O)c1c(-c2ccc(-c3cccc(Cl)c3)o2)noc1N. The molecule has 146 valence electrons. The van der Waals surface area contributed by atoms with E-state index in [0.29, 0.717) is 28.2 Å². The third kappa shape index (κ3) is 3.64. The summed E-state index contributed by atoms with van der Waals surface area (Å²) in [5, 5.41) is 7.67. The Kier molecular flexibility index (Phi) is 5.13.